The molecule has 1 aliphatic heterocycles. The summed E-state index contributed by atoms with van der Waals surface area (Å²) >= 11 is 0. The molecule has 100 valence electrons. The number of sulfone groups is 1. The molecule has 0 bridgehead atoms. The van der Waals surface area contributed by atoms with E-state index in [1.54, 1.807) is 12.4 Å². The van der Waals surface area contributed by atoms with E-state index in [0.29, 0.717) is 18.7 Å². The molecule has 0 spiro atoms. The molecule has 0 radical (unpaired) electrons. The lowest BCUT2D eigenvalue weighted by atomic mass is 10.1. The molecule has 0 atom stereocenters. The molecule has 0 amide bonds. The minimum Gasteiger partial charge on any atom is -0.369 e. The van der Waals surface area contributed by atoms with Gasteiger partial charge in [-0.25, -0.2) is 13.4 Å². The largest absolute Gasteiger partial charge is 0.369 e. The molecule has 1 fully saturated rings. The SMILES string of the molecule is CCNc1cncc(NC2CCS(=O)(=O)CC2)n1. The third-order valence-corrected chi connectivity index (χ3v) is 4.61. The maximum atomic E-state index is 11.3. The van der Waals surface area contributed by atoms with Gasteiger partial charge in [-0.15, -0.1) is 0 Å². The van der Waals surface area contributed by atoms with Gasteiger partial charge in [-0.1, -0.05) is 0 Å². The first-order chi connectivity index (χ1) is 8.59. The van der Waals surface area contributed by atoms with Crippen molar-refractivity contribution in [1.82, 2.24) is 9.97 Å². The molecule has 0 saturated carbocycles. The van der Waals surface area contributed by atoms with Crippen molar-refractivity contribution in [2.75, 3.05) is 28.7 Å². The maximum Gasteiger partial charge on any atom is 0.150 e. The van der Waals surface area contributed by atoms with Crippen LogP contribution < -0.4 is 10.6 Å². The van der Waals surface area contributed by atoms with E-state index in [0.717, 1.165) is 12.4 Å². The van der Waals surface area contributed by atoms with Crippen LogP contribution in [0.4, 0.5) is 11.6 Å². The molecule has 6 nitrogen and oxygen atoms in total. The van der Waals surface area contributed by atoms with Gasteiger partial charge in [0, 0.05) is 12.6 Å². The minimum atomic E-state index is -2.81. The standard InChI is InChI=1S/C11H18N4O2S/c1-2-13-10-7-12-8-11(15-10)14-9-3-5-18(16,17)6-4-9/h7-9H,2-6H2,1H3,(H2,13,14,15). The Kier molecular flexibility index (Phi) is 4.00. The van der Waals surface area contributed by atoms with Gasteiger partial charge < -0.3 is 10.6 Å². The third-order valence-electron chi connectivity index (χ3n) is 2.90. The van der Waals surface area contributed by atoms with E-state index in [1.807, 2.05) is 6.92 Å². The number of hydrogen-bond acceptors (Lipinski definition) is 6. The zero-order chi connectivity index (χ0) is 13.0. The van der Waals surface area contributed by atoms with Gasteiger partial charge >= 0.3 is 0 Å². The van der Waals surface area contributed by atoms with E-state index < -0.39 is 9.84 Å². The van der Waals surface area contributed by atoms with Crippen molar-refractivity contribution >= 4 is 21.5 Å². The Morgan fingerprint density at radius 2 is 1.94 bits per heavy atom. The van der Waals surface area contributed by atoms with Gasteiger partial charge in [0.25, 0.3) is 0 Å². The van der Waals surface area contributed by atoms with E-state index in [2.05, 4.69) is 20.6 Å². The van der Waals surface area contributed by atoms with E-state index >= 15 is 0 Å². The van der Waals surface area contributed by atoms with E-state index in [1.165, 1.54) is 0 Å². The topological polar surface area (TPSA) is 84.0 Å². The van der Waals surface area contributed by atoms with Gasteiger partial charge in [-0.3, -0.25) is 4.98 Å². The van der Waals surface area contributed by atoms with Crippen molar-refractivity contribution in [2.45, 2.75) is 25.8 Å². The first kappa shape index (κ1) is 13.1. The van der Waals surface area contributed by atoms with Crippen LogP contribution in [0.3, 0.4) is 0 Å². The highest BCUT2D eigenvalue weighted by Gasteiger charge is 2.23. The number of anilines is 2. The Labute approximate surface area is 107 Å². The normalized spacial score (nSPS) is 19.4. The first-order valence-corrected chi connectivity index (χ1v) is 7.94. The van der Waals surface area contributed by atoms with E-state index in [9.17, 15) is 8.42 Å². The van der Waals surface area contributed by atoms with Gasteiger partial charge in [0.1, 0.15) is 21.5 Å². The molecule has 0 aliphatic carbocycles. The number of hydrogen-bond donors (Lipinski definition) is 2. The van der Waals surface area contributed by atoms with E-state index in [4.69, 9.17) is 0 Å². The number of nitrogens with one attached hydrogen (secondary N) is 2. The summed E-state index contributed by atoms with van der Waals surface area (Å²) in [5.74, 6) is 1.93. The van der Waals surface area contributed by atoms with Gasteiger partial charge in [-0.2, -0.15) is 0 Å². The molecule has 1 aromatic rings. The van der Waals surface area contributed by atoms with E-state index in [-0.39, 0.29) is 17.5 Å². The second-order valence-corrected chi connectivity index (χ2v) is 6.69. The fraction of sp³-hybridized carbons (Fsp3) is 0.636. The average molecular weight is 270 g/mol. The average Bonchev–Trinajstić information content (AvgIpc) is 2.33. The predicted molar refractivity (Wildman–Crippen MR) is 71.5 cm³/mol. The Hall–Kier alpha value is -1.37. The van der Waals surface area contributed by atoms with Crippen molar-refractivity contribution in [3.63, 3.8) is 0 Å². The van der Waals surface area contributed by atoms with Crippen molar-refractivity contribution in [3.8, 4) is 0 Å². The highest BCUT2D eigenvalue weighted by molar-refractivity contribution is 7.91. The highest BCUT2D eigenvalue weighted by Crippen LogP contribution is 2.17. The van der Waals surface area contributed by atoms with Crippen LogP contribution in [0.1, 0.15) is 19.8 Å². The number of rotatable bonds is 4. The van der Waals surface area contributed by atoms with Gasteiger partial charge in [0.05, 0.1) is 23.9 Å². The number of aromatic nitrogens is 2. The van der Waals surface area contributed by atoms with Crippen LogP contribution in [0.15, 0.2) is 12.4 Å². The minimum absolute atomic E-state index is 0.166. The lowest BCUT2D eigenvalue weighted by molar-refractivity contribution is 0.559. The van der Waals surface area contributed by atoms with Crippen molar-refractivity contribution in [1.29, 1.82) is 0 Å². The molecule has 2 heterocycles. The Morgan fingerprint density at radius 3 is 2.61 bits per heavy atom. The first-order valence-electron chi connectivity index (χ1n) is 6.12. The van der Waals surface area contributed by atoms with Crippen LogP contribution in [0, 0.1) is 0 Å². The second-order valence-electron chi connectivity index (χ2n) is 4.39. The molecule has 2 rings (SSSR count). The molecule has 1 aliphatic rings. The Balaban J connectivity index is 1.95. The second kappa shape index (κ2) is 5.51. The predicted octanol–water partition coefficient (Wildman–Crippen LogP) is 0.897. The molecular weight excluding hydrogens is 252 g/mol. The lowest BCUT2D eigenvalue weighted by Gasteiger charge is -2.23. The van der Waals surface area contributed by atoms with Crippen LogP contribution in [0.25, 0.3) is 0 Å². The summed E-state index contributed by atoms with van der Waals surface area (Å²) in [6, 6.07) is 0.166. The van der Waals surface area contributed by atoms with Gasteiger partial charge in [-0.05, 0) is 19.8 Å². The zero-order valence-electron chi connectivity index (χ0n) is 10.4. The summed E-state index contributed by atoms with van der Waals surface area (Å²) < 4.78 is 22.6. The molecule has 7 heteroatoms. The molecule has 1 saturated heterocycles. The Morgan fingerprint density at radius 1 is 1.28 bits per heavy atom. The molecular formula is C11H18N4O2S. The summed E-state index contributed by atoms with van der Waals surface area (Å²) in [5, 5.41) is 6.33. The monoisotopic (exact) mass is 270 g/mol. The number of nitrogens with zero attached hydrogens (tertiary/aromatic N) is 2. The van der Waals surface area contributed by atoms with Crippen LogP contribution >= 0.6 is 0 Å². The fourth-order valence-electron chi connectivity index (χ4n) is 1.95. The van der Waals surface area contributed by atoms with Crippen LogP contribution in [-0.2, 0) is 9.84 Å². The van der Waals surface area contributed by atoms with Gasteiger partial charge in [0.2, 0.25) is 0 Å². The molecule has 2 N–H and O–H groups in total. The van der Waals surface area contributed by atoms with Crippen LogP contribution in [0.5, 0.6) is 0 Å². The quantitative estimate of drug-likeness (QED) is 0.845. The molecule has 0 aromatic carbocycles. The van der Waals surface area contributed by atoms with Gasteiger partial charge in [0.15, 0.2) is 0 Å². The summed E-state index contributed by atoms with van der Waals surface area (Å²) in [6.07, 6.45) is 4.59. The summed E-state index contributed by atoms with van der Waals surface area (Å²) in [7, 11) is -2.81. The summed E-state index contributed by atoms with van der Waals surface area (Å²) in [6.45, 7) is 2.79. The molecule has 1 aromatic heterocycles. The lowest BCUT2D eigenvalue weighted by Crippen LogP contribution is -2.32. The summed E-state index contributed by atoms with van der Waals surface area (Å²) in [5.41, 5.74) is 0. The fourth-order valence-corrected chi connectivity index (χ4v) is 3.44. The highest BCUT2D eigenvalue weighted by atomic mass is 32.2. The zero-order valence-corrected chi connectivity index (χ0v) is 11.2. The summed E-state index contributed by atoms with van der Waals surface area (Å²) in [4.78, 5) is 8.45. The van der Waals surface area contributed by atoms with Crippen molar-refractivity contribution in [3.05, 3.63) is 12.4 Å². The van der Waals surface area contributed by atoms with Crippen LogP contribution in [0.2, 0.25) is 0 Å². The van der Waals surface area contributed by atoms with Crippen molar-refractivity contribution < 1.29 is 8.42 Å². The Bertz CT molecular complexity index is 490. The maximum absolute atomic E-state index is 11.3. The molecule has 0 unspecified atom stereocenters. The van der Waals surface area contributed by atoms with Crippen LogP contribution in [-0.4, -0.2) is 42.5 Å². The molecule has 18 heavy (non-hydrogen) atoms. The smallest absolute Gasteiger partial charge is 0.150 e. The van der Waals surface area contributed by atoms with Crippen molar-refractivity contribution in [2.24, 2.45) is 0 Å². The third kappa shape index (κ3) is 3.56.